The first kappa shape index (κ1) is 29.0. The van der Waals surface area contributed by atoms with Crippen molar-refractivity contribution in [3.63, 3.8) is 0 Å². The van der Waals surface area contributed by atoms with Crippen LogP contribution in [0, 0.1) is 0 Å². The van der Waals surface area contributed by atoms with E-state index in [1.54, 1.807) is 0 Å². The Bertz CT molecular complexity index is 1260. The van der Waals surface area contributed by atoms with Crippen LogP contribution < -0.4 is 4.90 Å². The van der Waals surface area contributed by atoms with Gasteiger partial charge in [-0.2, -0.15) is 0 Å². The van der Waals surface area contributed by atoms with Crippen molar-refractivity contribution in [2.45, 2.75) is 44.4 Å². The van der Waals surface area contributed by atoms with Crippen molar-refractivity contribution in [2.75, 3.05) is 31.7 Å². The number of benzene rings is 4. The Balaban J connectivity index is 1.28. The van der Waals surface area contributed by atoms with E-state index in [1.165, 1.54) is 0 Å². The summed E-state index contributed by atoms with van der Waals surface area (Å²) in [6.07, 6.45) is -1.73. The van der Waals surface area contributed by atoms with Crippen LogP contribution in [0.2, 0.25) is 0 Å². The predicted molar refractivity (Wildman–Crippen MR) is 160 cm³/mol. The van der Waals surface area contributed by atoms with E-state index in [9.17, 15) is 0 Å². The minimum atomic E-state index is -0.589. The number of nitrogens with zero attached hydrogens (tertiary/aromatic N) is 1. The first-order valence-corrected chi connectivity index (χ1v) is 14.2. The largest absolute Gasteiger partial charge is 0.374 e. The Hall–Kier alpha value is -3.52. The second kappa shape index (κ2) is 15.5. The molecule has 0 unspecified atom stereocenters. The van der Waals surface area contributed by atoms with Crippen molar-refractivity contribution in [3.05, 3.63) is 138 Å². The van der Waals surface area contributed by atoms with Gasteiger partial charge in [0.25, 0.3) is 0 Å². The highest BCUT2D eigenvalue weighted by molar-refractivity contribution is 5.44. The van der Waals surface area contributed by atoms with Gasteiger partial charge in [-0.1, -0.05) is 109 Å². The van der Waals surface area contributed by atoms with Crippen LogP contribution in [0.5, 0.6) is 0 Å². The van der Waals surface area contributed by atoms with Gasteiger partial charge in [0.1, 0.15) is 18.3 Å². The van der Waals surface area contributed by atoms with E-state index < -0.39 is 12.4 Å². The van der Waals surface area contributed by atoms with E-state index >= 15 is 0 Å². The summed E-state index contributed by atoms with van der Waals surface area (Å²) in [5.41, 5.74) is 4.42. The Morgan fingerprint density at radius 3 is 1.63 bits per heavy atom. The van der Waals surface area contributed by atoms with Crippen molar-refractivity contribution < 1.29 is 23.7 Å². The van der Waals surface area contributed by atoms with E-state index in [2.05, 4.69) is 60.5 Å². The highest BCUT2D eigenvalue weighted by Crippen LogP contribution is 2.30. The van der Waals surface area contributed by atoms with Gasteiger partial charge in [-0.25, -0.2) is 0 Å². The molecule has 4 aromatic carbocycles. The highest BCUT2D eigenvalue weighted by atomic mass is 16.7. The molecule has 41 heavy (non-hydrogen) atoms. The van der Waals surface area contributed by atoms with Gasteiger partial charge in [-0.15, -0.1) is 0 Å². The molecule has 0 N–H and O–H groups in total. The SMILES string of the molecule is CN(CCO[C@@H]1O[C@H](COCc2ccccc2)[C@@H](OCc2ccccc2)[C@H]1OCc1ccccc1)c1ccccc1. The number of para-hydroxylation sites is 1. The Kier molecular flexibility index (Phi) is 10.9. The summed E-state index contributed by atoms with van der Waals surface area (Å²) < 4.78 is 32.0. The van der Waals surface area contributed by atoms with Crippen LogP contribution in [0.3, 0.4) is 0 Å². The third kappa shape index (κ3) is 8.73. The molecule has 0 aliphatic carbocycles. The predicted octanol–water partition coefficient (Wildman–Crippen LogP) is 6.25. The molecule has 6 nitrogen and oxygen atoms in total. The van der Waals surface area contributed by atoms with Gasteiger partial charge < -0.3 is 28.6 Å². The summed E-state index contributed by atoms with van der Waals surface area (Å²) >= 11 is 0. The van der Waals surface area contributed by atoms with Crippen molar-refractivity contribution in [2.24, 2.45) is 0 Å². The molecule has 6 heteroatoms. The minimum Gasteiger partial charge on any atom is -0.374 e. The molecule has 1 aliphatic heterocycles. The summed E-state index contributed by atoms with van der Waals surface area (Å²) in [6, 6.07) is 40.7. The molecular formula is C35H39NO5. The number of likely N-dealkylation sites (N-methyl/N-ethyl adjacent to an activating group) is 1. The molecule has 0 spiro atoms. The van der Waals surface area contributed by atoms with Crippen LogP contribution in [-0.4, -0.2) is 51.4 Å². The van der Waals surface area contributed by atoms with Gasteiger partial charge in [0.05, 0.1) is 33.0 Å². The summed E-state index contributed by atoms with van der Waals surface area (Å²) in [4.78, 5) is 2.17. The molecule has 4 aromatic rings. The quantitative estimate of drug-likeness (QED) is 0.173. The molecule has 1 heterocycles. The molecule has 0 aromatic heterocycles. The van der Waals surface area contributed by atoms with Crippen LogP contribution >= 0.6 is 0 Å². The fourth-order valence-electron chi connectivity index (χ4n) is 4.86. The summed E-state index contributed by atoms with van der Waals surface area (Å²) in [5, 5.41) is 0. The van der Waals surface area contributed by atoms with Gasteiger partial charge in [-0.3, -0.25) is 0 Å². The average Bonchev–Trinajstić information content (AvgIpc) is 3.36. The first-order valence-electron chi connectivity index (χ1n) is 14.2. The van der Waals surface area contributed by atoms with Gasteiger partial charge in [0, 0.05) is 19.3 Å². The van der Waals surface area contributed by atoms with E-state index in [0.29, 0.717) is 39.6 Å². The molecule has 214 valence electrons. The maximum atomic E-state index is 6.51. The zero-order valence-corrected chi connectivity index (χ0v) is 23.6. The lowest BCUT2D eigenvalue weighted by Gasteiger charge is -2.26. The van der Waals surface area contributed by atoms with Crippen LogP contribution in [0.4, 0.5) is 5.69 Å². The number of rotatable bonds is 15. The standard InChI is InChI=1S/C35H39NO5/c1-36(31-20-12-5-13-21-31)22-23-38-35-34(40-26-30-18-10-4-11-19-30)33(39-25-29-16-8-3-9-17-29)32(41-35)27-37-24-28-14-6-2-7-15-28/h2-21,32-35H,22-27H2,1H3/t32-,33-,34-,35-/m1/s1. The number of ether oxygens (including phenoxy) is 5. The third-order valence-electron chi connectivity index (χ3n) is 7.14. The monoisotopic (exact) mass is 553 g/mol. The van der Waals surface area contributed by atoms with E-state index in [1.807, 2.05) is 72.8 Å². The second-order valence-electron chi connectivity index (χ2n) is 10.2. The first-order chi connectivity index (χ1) is 20.3. The molecule has 0 amide bonds. The van der Waals surface area contributed by atoms with Crippen LogP contribution in [0.15, 0.2) is 121 Å². The molecule has 5 rings (SSSR count). The summed E-state index contributed by atoms with van der Waals surface area (Å²) in [5.74, 6) is 0. The second-order valence-corrected chi connectivity index (χ2v) is 10.2. The third-order valence-corrected chi connectivity index (χ3v) is 7.14. The highest BCUT2D eigenvalue weighted by Gasteiger charge is 2.47. The number of hydrogen-bond donors (Lipinski definition) is 0. The lowest BCUT2D eigenvalue weighted by Crippen LogP contribution is -2.40. The van der Waals surface area contributed by atoms with Crippen molar-refractivity contribution in [1.82, 2.24) is 0 Å². The molecular weight excluding hydrogens is 514 g/mol. The van der Waals surface area contributed by atoms with E-state index in [-0.39, 0.29) is 12.2 Å². The van der Waals surface area contributed by atoms with Crippen LogP contribution in [0.25, 0.3) is 0 Å². The summed E-state index contributed by atoms with van der Waals surface area (Å²) in [6.45, 7) is 2.92. The van der Waals surface area contributed by atoms with E-state index in [0.717, 1.165) is 22.4 Å². The maximum absolute atomic E-state index is 6.51. The van der Waals surface area contributed by atoms with Crippen molar-refractivity contribution >= 4 is 5.69 Å². The molecule has 1 aliphatic rings. The van der Waals surface area contributed by atoms with Crippen LogP contribution in [-0.2, 0) is 43.5 Å². The zero-order chi connectivity index (χ0) is 28.1. The Morgan fingerprint density at radius 2 is 1.07 bits per heavy atom. The smallest absolute Gasteiger partial charge is 0.187 e. The van der Waals surface area contributed by atoms with Gasteiger partial charge in [0.15, 0.2) is 6.29 Å². The fraction of sp³-hybridized carbons (Fsp3) is 0.314. The topological polar surface area (TPSA) is 49.4 Å². The Labute approximate surface area is 243 Å². The lowest BCUT2D eigenvalue weighted by atomic mass is 10.1. The van der Waals surface area contributed by atoms with Crippen molar-refractivity contribution in [1.29, 1.82) is 0 Å². The van der Waals surface area contributed by atoms with Crippen LogP contribution in [0.1, 0.15) is 16.7 Å². The van der Waals surface area contributed by atoms with Gasteiger partial charge in [0.2, 0.25) is 0 Å². The average molecular weight is 554 g/mol. The molecule has 1 saturated heterocycles. The zero-order valence-electron chi connectivity index (χ0n) is 23.6. The fourth-order valence-corrected chi connectivity index (χ4v) is 4.86. The molecule has 0 bridgehead atoms. The van der Waals surface area contributed by atoms with Crippen molar-refractivity contribution in [3.8, 4) is 0 Å². The van der Waals surface area contributed by atoms with E-state index in [4.69, 9.17) is 23.7 Å². The number of anilines is 1. The minimum absolute atomic E-state index is 0.347. The summed E-state index contributed by atoms with van der Waals surface area (Å²) in [7, 11) is 2.06. The number of hydrogen-bond acceptors (Lipinski definition) is 6. The Morgan fingerprint density at radius 1 is 0.585 bits per heavy atom. The molecule has 0 saturated carbocycles. The maximum Gasteiger partial charge on any atom is 0.187 e. The lowest BCUT2D eigenvalue weighted by molar-refractivity contribution is -0.183. The van der Waals surface area contributed by atoms with Gasteiger partial charge in [-0.05, 0) is 28.8 Å². The molecule has 4 atom stereocenters. The molecule has 0 radical (unpaired) electrons. The molecule has 1 fully saturated rings. The van der Waals surface area contributed by atoms with Gasteiger partial charge >= 0.3 is 0 Å². The normalized spacial score (nSPS) is 20.2.